The Bertz CT molecular complexity index is 204. The van der Waals surface area contributed by atoms with Gasteiger partial charge in [-0.3, -0.25) is 0 Å². The van der Waals surface area contributed by atoms with Gasteiger partial charge in [0.25, 0.3) is 0 Å². The quantitative estimate of drug-likeness (QED) is 0.569. The minimum absolute atomic E-state index is 0.782. The van der Waals surface area contributed by atoms with E-state index in [2.05, 4.69) is 9.98 Å². The highest BCUT2D eigenvalue weighted by Crippen LogP contribution is 2.02. The summed E-state index contributed by atoms with van der Waals surface area (Å²) < 4.78 is 0. The second kappa shape index (κ2) is 3.77. The molecule has 1 aromatic rings. The third-order valence-electron chi connectivity index (χ3n) is 1.06. The van der Waals surface area contributed by atoms with Gasteiger partial charge in [0.1, 0.15) is 0 Å². The zero-order valence-electron chi connectivity index (χ0n) is 5.99. The standard InChI is InChI=1S/C8H10N2/c1-2-6-9-8-5-3-4-7-10-8/h3-7H,2H2,1H3. The van der Waals surface area contributed by atoms with E-state index in [1.807, 2.05) is 31.3 Å². The highest BCUT2D eigenvalue weighted by atomic mass is 14.9. The van der Waals surface area contributed by atoms with Gasteiger partial charge in [0.05, 0.1) is 0 Å². The first-order chi connectivity index (χ1) is 4.93. The number of aromatic nitrogens is 1. The lowest BCUT2D eigenvalue weighted by Gasteiger charge is -1.87. The Morgan fingerprint density at radius 1 is 1.60 bits per heavy atom. The summed E-state index contributed by atoms with van der Waals surface area (Å²) >= 11 is 0. The Hall–Kier alpha value is -1.18. The van der Waals surface area contributed by atoms with E-state index in [1.54, 1.807) is 6.20 Å². The predicted molar refractivity (Wildman–Crippen MR) is 42.7 cm³/mol. The normalized spacial score (nSPS) is 10.5. The van der Waals surface area contributed by atoms with Crippen molar-refractivity contribution in [3.8, 4) is 0 Å². The summed E-state index contributed by atoms with van der Waals surface area (Å²) in [6.45, 7) is 2.05. The first-order valence-electron chi connectivity index (χ1n) is 3.37. The average molecular weight is 134 g/mol. The second-order valence-electron chi connectivity index (χ2n) is 1.91. The molecule has 52 valence electrons. The second-order valence-corrected chi connectivity index (χ2v) is 1.91. The molecule has 2 nitrogen and oxygen atoms in total. The molecule has 2 heteroatoms. The maximum Gasteiger partial charge on any atom is 0.151 e. The molecule has 0 aliphatic rings. The third kappa shape index (κ3) is 1.97. The van der Waals surface area contributed by atoms with E-state index in [0.29, 0.717) is 0 Å². The third-order valence-corrected chi connectivity index (χ3v) is 1.06. The molecule has 0 saturated carbocycles. The summed E-state index contributed by atoms with van der Waals surface area (Å²) in [5.74, 6) is 0.782. The number of aliphatic imine (C=N–C) groups is 1. The molecule has 0 spiro atoms. The Balaban J connectivity index is 2.67. The Morgan fingerprint density at radius 3 is 3.10 bits per heavy atom. The van der Waals surface area contributed by atoms with Crippen molar-refractivity contribution >= 4 is 12.0 Å². The maximum atomic E-state index is 4.09. The van der Waals surface area contributed by atoms with Crippen LogP contribution in [0.1, 0.15) is 13.3 Å². The van der Waals surface area contributed by atoms with Crippen molar-refractivity contribution in [1.29, 1.82) is 0 Å². The SMILES string of the molecule is CCC=Nc1ccccn1. The van der Waals surface area contributed by atoms with Gasteiger partial charge >= 0.3 is 0 Å². The van der Waals surface area contributed by atoms with Gasteiger partial charge in [0.15, 0.2) is 5.82 Å². The fourth-order valence-electron chi connectivity index (χ4n) is 0.615. The molecular weight excluding hydrogens is 124 g/mol. The van der Waals surface area contributed by atoms with Crippen LogP contribution in [-0.2, 0) is 0 Å². The summed E-state index contributed by atoms with van der Waals surface area (Å²) in [5, 5.41) is 0. The van der Waals surface area contributed by atoms with Crippen LogP contribution in [-0.4, -0.2) is 11.2 Å². The molecule has 0 bridgehead atoms. The first-order valence-corrected chi connectivity index (χ1v) is 3.37. The van der Waals surface area contributed by atoms with Gasteiger partial charge < -0.3 is 0 Å². The van der Waals surface area contributed by atoms with Crippen LogP contribution in [0.2, 0.25) is 0 Å². The van der Waals surface area contributed by atoms with E-state index in [0.717, 1.165) is 12.2 Å². The topological polar surface area (TPSA) is 25.2 Å². The van der Waals surface area contributed by atoms with Crippen molar-refractivity contribution in [1.82, 2.24) is 4.98 Å². The van der Waals surface area contributed by atoms with Crippen LogP contribution in [0.3, 0.4) is 0 Å². The Kier molecular flexibility index (Phi) is 2.62. The number of pyridine rings is 1. The van der Waals surface area contributed by atoms with Crippen molar-refractivity contribution in [2.45, 2.75) is 13.3 Å². The van der Waals surface area contributed by atoms with Crippen LogP contribution in [0, 0.1) is 0 Å². The molecular formula is C8H10N2. The fraction of sp³-hybridized carbons (Fsp3) is 0.250. The van der Waals surface area contributed by atoms with Gasteiger partial charge in [0.2, 0.25) is 0 Å². The molecule has 0 N–H and O–H groups in total. The number of rotatable bonds is 2. The molecule has 0 atom stereocenters. The van der Waals surface area contributed by atoms with E-state index in [9.17, 15) is 0 Å². The van der Waals surface area contributed by atoms with Crippen LogP contribution in [0.5, 0.6) is 0 Å². The van der Waals surface area contributed by atoms with Gasteiger partial charge in [-0.05, 0) is 18.6 Å². The highest BCUT2D eigenvalue weighted by molar-refractivity contribution is 5.60. The molecule has 0 fully saturated rings. The minimum Gasteiger partial charge on any atom is -0.242 e. The molecule has 0 aromatic carbocycles. The minimum atomic E-state index is 0.782. The van der Waals surface area contributed by atoms with Gasteiger partial charge in [-0.2, -0.15) is 0 Å². The molecule has 10 heavy (non-hydrogen) atoms. The summed E-state index contributed by atoms with van der Waals surface area (Å²) in [5.41, 5.74) is 0. The van der Waals surface area contributed by atoms with Crippen molar-refractivity contribution in [2.24, 2.45) is 4.99 Å². The van der Waals surface area contributed by atoms with Crippen LogP contribution < -0.4 is 0 Å². The summed E-state index contributed by atoms with van der Waals surface area (Å²) in [6.07, 6.45) is 4.54. The predicted octanol–water partition coefficient (Wildman–Crippen LogP) is 2.19. The Labute approximate surface area is 60.6 Å². The molecule has 0 aliphatic carbocycles. The molecule has 0 amide bonds. The van der Waals surface area contributed by atoms with Crippen LogP contribution >= 0.6 is 0 Å². The summed E-state index contributed by atoms with van der Waals surface area (Å²) in [4.78, 5) is 8.11. The van der Waals surface area contributed by atoms with Gasteiger partial charge in [-0.25, -0.2) is 9.98 Å². The molecule has 0 aliphatic heterocycles. The maximum absolute atomic E-state index is 4.09. The molecule has 1 rings (SSSR count). The monoisotopic (exact) mass is 134 g/mol. The van der Waals surface area contributed by atoms with Crippen molar-refractivity contribution < 1.29 is 0 Å². The molecule has 1 heterocycles. The fourth-order valence-corrected chi connectivity index (χ4v) is 0.615. The van der Waals surface area contributed by atoms with Crippen LogP contribution in [0.15, 0.2) is 29.4 Å². The zero-order valence-corrected chi connectivity index (χ0v) is 5.99. The smallest absolute Gasteiger partial charge is 0.151 e. The van der Waals surface area contributed by atoms with Gasteiger partial charge in [-0.15, -0.1) is 0 Å². The summed E-state index contributed by atoms with van der Waals surface area (Å²) in [7, 11) is 0. The van der Waals surface area contributed by atoms with Crippen LogP contribution in [0.25, 0.3) is 0 Å². The number of nitrogens with zero attached hydrogens (tertiary/aromatic N) is 2. The highest BCUT2D eigenvalue weighted by Gasteiger charge is 1.81. The van der Waals surface area contributed by atoms with E-state index < -0.39 is 0 Å². The molecule has 0 radical (unpaired) electrons. The number of hydrogen-bond donors (Lipinski definition) is 0. The Morgan fingerprint density at radius 2 is 2.50 bits per heavy atom. The molecule has 0 saturated heterocycles. The van der Waals surface area contributed by atoms with Gasteiger partial charge in [-0.1, -0.05) is 13.0 Å². The largest absolute Gasteiger partial charge is 0.242 e. The first kappa shape index (κ1) is 6.93. The lowest BCUT2D eigenvalue weighted by Crippen LogP contribution is -1.71. The molecule has 1 aromatic heterocycles. The van der Waals surface area contributed by atoms with E-state index in [-0.39, 0.29) is 0 Å². The van der Waals surface area contributed by atoms with Crippen molar-refractivity contribution in [2.75, 3.05) is 0 Å². The van der Waals surface area contributed by atoms with E-state index >= 15 is 0 Å². The van der Waals surface area contributed by atoms with E-state index in [4.69, 9.17) is 0 Å². The number of hydrogen-bond acceptors (Lipinski definition) is 2. The van der Waals surface area contributed by atoms with Crippen molar-refractivity contribution in [3.05, 3.63) is 24.4 Å². The lowest BCUT2D eigenvalue weighted by atomic mass is 10.5. The van der Waals surface area contributed by atoms with Crippen molar-refractivity contribution in [3.63, 3.8) is 0 Å². The molecule has 0 unspecified atom stereocenters. The summed E-state index contributed by atoms with van der Waals surface area (Å²) in [6, 6.07) is 5.69. The van der Waals surface area contributed by atoms with Gasteiger partial charge in [0, 0.05) is 12.4 Å². The van der Waals surface area contributed by atoms with Crippen LogP contribution in [0.4, 0.5) is 5.82 Å². The zero-order chi connectivity index (χ0) is 7.23. The lowest BCUT2D eigenvalue weighted by molar-refractivity contribution is 1.25. The average Bonchev–Trinajstić information content (AvgIpc) is 2.03. The van der Waals surface area contributed by atoms with E-state index in [1.165, 1.54) is 0 Å².